The van der Waals surface area contributed by atoms with E-state index in [0.29, 0.717) is 0 Å². The lowest BCUT2D eigenvalue weighted by atomic mass is 12.0. The van der Waals surface area contributed by atoms with E-state index in [1.807, 2.05) is 0 Å². The molecule has 6 nitrogen and oxygen atoms in total. The van der Waals surface area contributed by atoms with Gasteiger partial charge in [-0.25, -0.2) is 0 Å². The summed E-state index contributed by atoms with van der Waals surface area (Å²) >= 11 is 0. The highest BCUT2D eigenvalue weighted by molar-refractivity contribution is 4.36. The van der Waals surface area contributed by atoms with Crippen molar-refractivity contribution >= 4 is 0 Å². The quantitative estimate of drug-likeness (QED) is 0.273. The van der Waals surface area contributed by atoms with Gasteiger partial charge in [0.1, 0.15) is 0 Å². The van der Waals surface area contributed by atoms with Gasteiger partial charge in [-0.1, -0.05) is 7.43 Å². The Morgan fingerprint density at radius 3 is 1.14 bits per heavy atom. The predicted octanol–water partition coefficient (Wildman–Crippen LogP) is 2.38. The number of hydrogen-bond donors (Lipinski definition) is 1. The van der Waals surface area contributed by atoms with E-state index in [2.05, 4.69) is 0 Å². The van der Waals surface area contributed by atoms with Crippen LogP contribution < -0.4 is 0 Å². The summed E-state index contributed by atoms with van der Waals surface area (Å²) in [7, 11) is 0. The zero-order valence-corrected chi connectivity index (χ0v) is 2.74. The fraction of sp³-hybridized carbons (Fsp3) is 1.00. The highest BCUT2D eigenvalue weighted by Crippen LogP contribution is 1.29. The van der Waals surface area contributed by atoms with Crippen molar-refractivity contribution in [2.45, 2.75) is 7.43 Å². The molecule has 0 aliphatic heterocycles. The van der Waals surface area contributed by atoms with Crippen LogP contribution in [0.2, 0.25) is 0 Å². The van der Waals surface area contributed by atoms with Gasteiger partial charge in [0, 0.05) is 0 Å². The van der Waals surface area contributed by atoms with E-state index < -0.39 is 0 Å². The summed E-state index contributed by atoms with van der Waals surface area (Å²) in [5.74, 6) is 0. The van der Waals surface area contributed by atoms with Crippen LogP contribution >= 0.6 is 0 Å². The standard InChI is InChI=1S/CH4.HN3.N3/c;2*1-3-2/h1H4;1H;/q;;-1. The molecule has 0 saturated carbocycles. The third-order valence-electron chi connectivity index (χ3n) is 0. The average Bonchev–Trinajstić information content (AvgIpc) is 1.39. The monoisotopic (exact) mass is 101 g/mol. The minimum absolute atomic E-state index is 0. The van der Waals surface area contributed by atoms with Crippen LogP contribution in [0.3, 0.4) is 0 Å². The molecule has 0 amide bonds. The Morgan fingerprint density at radius 2 is 1.14 bits per heavy atom. The van der Waals surface area contributed by atoms with Gasteiger partial charge in [-0.15, -0.1) is 5.53 Å². The first-order chi connectivity index (χ1) is 2.83. The van der Waals surface area contributed by atoms with Crippen LogP contribution in [0.25, 0.3) is 26.4 Å². The molecule has 0 atom stereocenters. The molecule has 0 spiro atoms. The zero-order chi connectivity index (χ0) is 5.41. The molecule has 0 aromatic carbocycles. The molecule has 0 fully saturated rings. The Bertz CT molecular complexity index is 58.2. The van der Waals surface area contributed by atoms with E-state index in [4.69, 9.17) is 22.1 Å². The Kier molecular flexibility index (Phi) is 393. The first-order valence-corrected chi connectivity index (χ1v) is 0.824. The molecule has 0 aliphatic rings. The Morgan fingerprint density at radius 1 is 1.14 bits per heavy atom. The molecule has 7 heavy (non-hydrogen) atoms. The molecular weight excluding hydrogens is 96.1 g/mol. The molecule has 0 aromatic rings. The summed E-state index contributed by atoms with van der Waals surface area (Å²) in [6.45, 7) is 0. The van der Waals surface area contributed by atoms with E-state index in [9.17, 15) is 0 Å². The molecule has 0 aliphatic carbocycles. The summed E-state index contributed by atoms with van der Waals surface area (Å²) in [6, 6.07) is 0. The summed E-state index contributed by atoms with van der Waals surface area (Å²) in [4.78, 5) is 3.25. The van der Waals surface area contributed by atoms with Crippen molar-refractivity contribution in [3.05, 3.63) is 26.4 Å². The molecule has 0 rings (SSSR count). The second-order valence-electron chi connectivity index (χ2n) is 0.189. The molecule has 6 heteroatoms. The second kappa shape index (κ2) is 157. The van der Waals surface area contributed by atoms with Crippen LogP contribution in [0.4, 0.5) is 0 Å². The lowest BCUT2D eigenvalue weighted by Crippen LogP contribution is -0.769. The van der Waals surface area contributed by atoms with E-state index in [0.717, 1.165) is 0 Å². The van der Waals surface area contributed by atoms with Gasteiger partial charge >= 0.3 is 0 Å². The van der Waals surface area contributed by atoms with Crippen LogP contribution in [-0.4, -0.2) is 0 Å². The van der Waals surface area contributed by atoms with Gasteiger partial charge in [0.25, 0.3) is 0 Å². The van der Waals surface area contributed by atoms with Crippen molar-refractivity contribution in [3.63, 3.8) is 0 Å². The average molecular weight is 101 g/mol. The van der Waals surface area contributed by atoms with Crippen LogP contribution in [0, 0.1) is 5.53 Å². The Hall–Kier alpha value is -1.38. The van der Waals surface area contributed by atoms with Crippen molar-refractivity contribution in [1.82, 2.24) is 0 Å². The fourth-order valence-electron chi connectivity index (χ4n) is 0. The van der Waals surface area contributed by atoms with E-state index in [1.54, 1.807) is 4.91 Å². The molecular formula is CH5N6-. The van der Waals surface area contributed by atoms with E-state index in [-0.39, 0.29) is 7.43 Å². The molecule has 0 saturated heterocycles. The van der Waals surface area contributed by atoms with Gasteiger partial charge in [-0.2, -0.15) is 0 Å². The summed E-state index contributed by atoms with van der Waals surface area (Å²) in [6.07, 6.45) is 0. The Labute approximate surface area is 40.6 Å². The third kappa shape index (κ3) is 16.7. The van der Waals surface area contributed by atoms with Crippen LogP contribution in [0.1, 0.15) is 7.43 Å². The summed E-state index contributed by atoms with van der Waals surface area (Å²) < 4.78 is 0. The molecule has 0 bridgehead atoms. The molecule has 1 N–H and O–H groups in total. The van der Waals surface area contributed by atoms with Gasteiger partial charge in [-0.3, -0.25) is 4.91 Å². The predicted molar refractivity (Wildman–Crippen MR) is 26.2 cm³/mol. The van der Waals surface area contributed by atoms with Gasteiger partial charge in [0.2, 0.25) is 0 Å². The minimum atomic E-state index is 0. The molecule has 0 heterocycles. The maximum Gasteiger partial charge on any atom is -0.00208 e. The smallest absolute Gasteiger partial charge is 0.00208 e. The minimum Gasteiger partial charge on any atom is -0.373 e. The SMILES string of the molecule is C.[N-]=[N+]=N.[N-]=[N+]=[N-]. The second-order valence-corrected chi connectivity index (χ2v) is 0.189. The maximum atomic E-state index is 6.86. The topological polar surface area (TPSA) is 119 Å². The van der Waals surface area contributed by atoms with Gasteiger partial charge in [-0.05, 0) is 10.4 Å². The van der Waals surface area contributed by atoms with Crippen molar-refractivity contribution in [3.8, 4) is 0 Å². The van der Waals surface area contributed by atoms with Crippen LogP contribution in [-0.2, 0) is 0 Å². The largest absolute Gasteiger partial charge is 0.373 e. The summed E-state index contributed by atoms with van der Waals surface area (Å²) in [5.41, 5.74) is 25.8. The van der Waals surface area contributed by atoms with Crippen molar-refractivity contribution in [1.29, 1.82) is 5.53 Å². The lowest BCUT2D eigenvalue weighted by molar-refractivity contribution is 1.45. The van der Waals surface area contributed by atoms with Crippen molar-refractivity contribution < 1.29 is 0 Å². The van der Waals surface area contributed by atoms with Gasteiger partial charge in [0.05, 0.1) is 0 Å². The zero-order valence-electron chi connectivity index (χ0n) is 2.74. The van der Waals surface area contributed by atoms with Crippen LogP contribution in [0.15, 0.2) is 0 Å². The fourth-order valence-corrected chi connectivity index (χ4v) is 0. The van der Waals surface area contributed by atoms with Gasteiger partial charge in [0.15, 0.2) is 0 Å². The highest BCUT2D eigenvalue weighted by Gasteiger charge is 0.973. The van der Waals surface area contributed by atoms with E-state index >= 15 is 0 Å². The van der Waals surface area contributed by atoms with Gasteiger partial charge < -0.3 is 11.1 Å². The number of hydrogen-bond acceptors (Lipinski definition) is 1. The number of rotatable bonds is 0. The maximum absolute atomic E-state index is 6.86. The molecule has 0 aromatic heterocycles. The first-order valence-electron chi connectivity index (χ1n) is 0.824. The van der Waals surface area contributed by atoms with Crippen molar-refractivity contribution in [2.75, 3.05) is 0 Å². The highest BCUT2D eigenvalue weighted by atomic mass is 15.0. The summed E-state index contributed by atoms with van der Waals surface area (Å²) in [5, 5.41) is 0. The third-order valence-corrected chi connectivity index (χ3v) is 0. The Balaban J connectivity index is -0.0000000400. The normalized spacial score (nSPS) is 2.29. The van der Waals surface area contributed by atoms with Crippen molar-refractivity contribution in [2.24, 2.45) is 0 Å². The first kappa shape index (κ1) is 17.5. The van der Waals surface area contributed by atoms with Crippen LogP contribution in [0.5, 0.6) is 0 Å². The number of nitrogens with one attached hydrogen (secondary N) is 1. The van der Waals surface area contributed by atoms with E-state index in [1.165, 1.54) is 4.91 Å². The molecule has 40 valence electrons. The molecule has 0 unspecified atom stereocenters. The lowest BCUT2D eigenvalue weighted by Gasteiger charge is -1.31. The molecule has 0 radical (unpaired) electrons. The number of nitrogens with zero attached hydrogens (tertiary/aromatic N) is 5.